The quantitative estimate of drug-likeness (QED) is 0.178. The first-order valence-corrected chi connectivity index (χ1v) is 20.5. The Morgan fingerprint density at radius 3 is 1.79 bits per heavy atom. The molecule has 4 aliphatic heterocycles. The summed E-state index contributed by atoms with van der Waals surface area (Å²) in [7, 11) is 0. The number of halogens is 4. The summed E-state index contributed by atoms with van der Waals surface area (Å²) in [5, 5.41) is 8.78. The van der Waals surface area contributed by atoms with Gasteiger partial charge in [0.1, 0.15) is 28.8 Å². The molecule has 0 fully saturated rings. The Morgan fingerprint density at radius 2 is 1.20 bits per heavy atom. The third kappa shape index (κ3) is 9.79. The van der Waals surface area contributed by atoms with Gasteiger partial charge in [-0.15, -0.1) is 0 Å². The number of carbonyl (C=O) groups excluding carboxylic acids is 4. The molecule has 0 atom stereocenters. The van der Waals surface area contributed by atoms with E-state index in [1.807, 2.05) is 6.07 Å². The monoisotopic (exact) mass is 878 g/mol. The summed E-state index contributed by atoms with van der Waals surface area (Å²) in [6.07, 6.45) is 1.63. The van der Waals surface area contributed by atoms with Gasteiger partial charge in [0.25, 0.3) is 11.8 Å². The van der Waals surface area contributed by atoms with Crippen LogP contribution in [-0.2, 0) is 61.7 Å². The predicted molar refractivity (Wildman–Crippen MR) is 221 cm³/mol. The third-order valence-electron chi connectivity index (χ3n) is 10.5. The van der Waals surface area contributed by atoms with Crippen LogP contribution in [0.4, 0.5) is 8.78 Å². The van der Waals surface area contributed by atoms with Crippen LogP contribution in [0.1, 0.15) is 56.3 Å². The Kier molecular flexibility index (Phi) is 13.5. The van der Waals surface area contributed by atoms with Crippen LogP contribution < -0.4 is 32.1 Å². The van der Waals surface area contributed by atoms with E-state index in [1.165, 1.54) is 41.0 Å². The van der Waals surface area contributed by atoms with E-state index >= 15 is 0 Å². The first-order chi connectivity index (χ1) is 29.4. The average Bonchev–Trinajstić information content (AvgIpc) is 3.47. The molecule has 0 saturated carbocycles. The lowest BCUT2D eigenvalue weighted by molar-refractivity contribution is -0.134. The van der Waals surface area contributed by atoms with Crippen molar-refractivity contribution >= 4 is 46.9 Å². The van der Waals surface area contributed by atoms with Crippen molar-refractivity contribution < 1.29 is 32.7 Å². The lowest BCUT2D eigenvalue weighted by Gasteiger charge is -2.28. The molecular weight excluding hydrogens is 837 g/mol. The van der Waals surface area contributed by atoms with Gasteiger partial charge in [0.05, 0.1) is 40.8 Å². The zero-order chi connectivity index (χ0) is 43.2. The van der Waals surface area contributed by atoms with Gasteiger partial charge in [0, 0.05) is 58.9 Å². The fourth-order valence-corrected chi connectivity index (χ4v) is 7.95. The summed E-state index contributed by atoms with van der Waals surface area (Å²) < 4.78 is 37.8. The van der Waals surface area contributed by atoms with E-state index in [4.69, 9.17) is 27.9 Å². The van der Waals surface area contributed by atoms with Gasteiger partial charge in [-0.05, 0) is 60.4 Å². The van der Waals surface area contributed by atoms with E-state index in [1.54, 1.807) is 42.9 Å². The van der Waals surface area contributed by atoms with Crippen molar-refractivity contribution in [2.45, 2.75) is 65.0 Å². The van der Waals surface area contributed by atoms with Gasteiger partial charge in [0.2, 0.25) is 5.91 Å². The lowest BCUT2D eigenvalue weighted by Crippen LogP contribution is -2.42. The Balaban J connectivity index is 0.000000144. The van der Waals surface area contributed by atoms with Crippen LogP contribution in [0.3, 0.4) is 0 Å². The van der Waals surface area contributed by atoms with E-state index in [0.29, 0.717) is 92.7 Å². The van der Waals surface area contributed by atoms with Gasteiger partial charge < -0.3 is 25.6 Å². The Hall–Kier alpha value is -6.04. The van der Waals surface area contributed by atoms with E-state index in [2.05, 4.69) is 16.0 Å². The summed E-state index contributed by atoms with van der Waals surface area (Å²) in [6, 6.07) is 17.1. The summed E-state index contributed by atoms with van der Waals surface area (Å²) in [6.45, 7) is 5.24. The number of ether oxygens (including phenoxy) is 1. The molecule has 3 N–H and O–H groups in total. The van der Waals surface area contributed by atoms with Crippen molar-refractivity contribution in [1.29, 1.82) is 0 Å². The van der Waals surface area contributed by atoms with Crippen molar-refractivity contribution in [3.8, 4) is 5.75 Å². The van der Waals surface area contributed by atoms with Gasteiger partial charge in [-0.3, -0.25) is 37.4 Å². The minimum Gasteiger partial charge on any atom is -0.426 e. The molecule has 4 aliphatic rings. The number of nitrogens with zero attached hydrogens (tertiary/aromatic N) is 5. The van der Waals surface area contributed by atoms with E-state index in [-0.39, 0.29) is 58.5 Å². The molecule has 9 rings (SSSR count). The highest BCUT2D eigenvalue weighted by Gasteiger charge is 2.32. The molecule has 3 aromatic carbocycles. The van der Waals surface area contributed by atoms with Crippen molar-refractivity contribution in [2.24, 2.45) is 0 Å². The number of hydrogen-bond donors (Lipinski definition) is 3. The smallest absolute Gasteiger partial charge is 0.329 e. The molecule has 2 aromatic heterocycles. The van der Waals surface area contributed by atoms with Crippen LogP contribution in [0.15, 0.2) is 76.3 Å². The fraction of sp³-hybridized carbons (Fsp3) is 0.333. The first-order valence-electron chi connectivity index (χ1n) is 19.7. The second-order valence-corrected chi connectivity index (χ2v) is 15.4. The van der Waals surface area contributed by atoms with E-state index < -0.39 is 17.6 Å². The van der Waals surface area contributed by atoms with Crippen LogP contribution in [0, 0.1) is 11.6 Å². The standard InChI is InChI=1S/C18H18ClFN4O3.C14H10ClFO2.C10H14N4O2/c19-12-8-11(2-3-13(12)20)9-15(25)22-6-7-23-14(10-22)16-17(26)21-4-1-5-24(16)18(23)27;15-12-8-10(6-7-13(12)16)9-14(17)18-11-4-2-1-3-5-11;15-9-8-7-6-11-3-5-13(7)10(16)14(8)4-1-2-12-9/h2-3,8H,1,4-7,9-10H2,(H,21,26);1-8H,9H2;11H,1-6H2,(H,12,15). The minimum absolute atomic E-state index is 0.0000103. The number of aromatic nitrogens is 4. The highest BCUT2D eigenvalue weighted by molar-refractivity contribution is 6.31. The zero-order valence-electron chi connectivity index (χ0n) is 32.9. The summed E-state index contributed by atoms with van der Waals surface area (Å²) >= 11 is 11.4. The molecule has 0 saturated heterocycles. The molecule has 0 aliphatic carbocycles. The molecule has 5 aromatic rings. The average molecular weight is 880 g/mol. The maximum Gasteiger partial charge on any atom is 0.329 e. The second kappa shape index (κ2) is 19.1. The van der Waals surface area contributed by atoms with Crippen LogP contribution in [0.2, 0.25) is 10.0 Å². The van der Waals surface area contributed by atoms with Crippen LogP contribution in [0.25, 0.3) is 0 Å². The molecular formula is C42H42Cl2F2N8O7. The molecule has 0 spiro atoms. The summed E-state index contributed by atoms with van der Waals surface area (Å²) in [5.74, 6) is -1.52. The Labute approximate surface area is 357 Å². The molecule has 61 heavy (non-hydrogen) atoms. The number of benzene rings is 3. The largest absolute Gasteiger partial charge is 0.426 e. The number of rotatable bonds is 5. The number of para-hydroxylation sites is 1. The molecule has 320 valence electrons. The summed E-state index contributed by atoms with van der Waals surface area (Å²) in [5.41, 5.74) is 3.28. The number of hydrogen-bond acceptors (Lipinski definition) is 8. The Morgan fingerprint density at radius 1 is 0.639 bits per heavy atom. The number of esters is 1. The van der Waals surface area contributed by atoms with Gasteiger partial charge >= 0.3 is 17.3 Å². The van der Waals surface area contributed by atoms with Crippen molar-refractivity contribution in [2.75, 3.05) is 26.2 Å². The van der Waals surface area contributed by atoms with Gasteiger partial charge in [-0.25, -0.2) is 18.4 Å². The maximum atomic E-state index is 13.3. The summed E-state index contributed by atoms with van der Waals surface area (Å²) in [4.78, 5) is 74.9. The highest BCUT2D eigenvalue weighted by atomic mass is 35.5. The van der Waals surface area contributed by atoms with Crippen molar-refractivity contribution in [1.82, 2.24) is 39.1 Å². The van der Waals surface area contributed by atoms with E-state index in [9.17, 15) is 37.5 Å². The first kappa shape index (κ1) is 43.1. The SMILES string of the molecule is O=C(Cc1ccc(F)c(Cl)c1)Oc1ccccc1.O=C1NCCCn2c1c1n(c2=O)CCN(C(=O)Cc2ccc(F)c(Cl)c2)C1.O=C1NCCCn2c1c1n(c2=O)CCNC1. The normalized spacial score (nSPS) is 15.4. The van der Waals surface area contributed by atoms with Crippen LogP contribution in [0.5, 0.6) is 5.75 Å². The van der Waals surface area contributed by atoms with Gasteiger partial charge in [-0.2, -0.15) is 0 Å². The van der Waals surface area contributed by atoms with E-state index in [0.717, 1.165) is 18.7 Å². The van der Waals surface area contributed by atoms with Crippen molar-refractivity contribution in [3.05, 3.63) is 143 Å². The molecule has 6 heterocycles. The molecule has 19 heteroatoms. The topological polar surface area (TPSA) is 171 Å². The molecule has 15 nitrogen and oxygen atoms in total. The molecule has 0 unspecified atom stereocenters. The predicted octanol–water partition coefficient (Wildman–Crippen LogP) is 3.67. The van der Waals surface area contributed by atoms with Gasteiger partial charge in [-0.1, -0.05) is 53.5 Å². The second-order valence-electron chi connectivity index (χ2n) is 14.6. The number of amides is 3. The number of nitrogens with one attached hydrogen (secondary N) is 3. The fourth-order valence-electron chi connectivity index (χ4n) is 7.55. The van der Waals surface area contributed by atoms with Crippen molar-refractivity contribution in [3.63, 3.8) is 0 Å². The molecule has 3 amide bonds. The zero-order valence-corrected chi connectivity index (χ0v) is 34.4. The third-order valence-corrected chi connectivity index (χ3v) is 11.1. The van der Waals surface area contributed by atoms with Crippen LogP contribution in [-0.4, -0.2) is 73.0 Å². The molecule has 0 radical (unpaired) electrons. The van der Waals surface area contributed by atoms with Gasteiger partial charge in [0.15, 0.2) is 0 Å². The maximum absolute atomic E-state index is 13.3. The number of imidazole rings is 2. The number of fused-ring (bicyclic) bond motifs is 6. The lowest BCUT2D eigenvalue weighted by atomic mass is 10.1. The highest BCUT2D eigenvalue weighted by Crippen LogP contribution is 2.22. The van der Waals surface area contributed by atoms with Crippen LogP contribution >= 0.6 is 23.2 Å². The molecule has 0 bridgehead atoms. The Bertz CT molecular complexity index is 2610. The minimum atomic E-state index is -0.530. The number of carbonyl (C=O) groups is 4.